The van der Waals surface area contributed by atoms with E-state index < -0.39 is 114 Å². The maximum Gasteiger partial charge on any atom is 0.306 e. The van der Waals surface area contributed by atoms with Crippen molar-refractivity contribution < 1.29 is 64.6 Å². The number of thiol groups is 1. The Hall–Kier alpha value is -7.60. The standard InChI is InChI=1S/C69H88F3N11O11S2Si/c1-42-63(95-41-75-42)46-12-10-45(11-13-46)54(40-93-59(87)21-20-58(85)86)76-66(89)56-33-50(94-97(8,9)69(5,6)7)38-82(56)67(90)64(68(2,3)4)77-57(84)39-78-25-22-43(23-26-78)36-79-28-30-80(31-29-79)49-16-14-44(15-17-49)47-32-51-52(35-74-65(51)73-34-47)62(88)60-53(71)18-19-55(61(60)72)83(96(91)92)81-27-24-48(70)37-81/h10-19,32,34-35,41,43,48,50,54,56,64,96H,20-31,33,36-40H2,1-9H3,(H,73,74)(H,76,89)(H,77,84)(H,85,86)/t48-,50-,54+,56+,64-/m1/s1. The van der Waals surface area contributed by atoms with Crippen LogP contribution in [0.4, 0.5) is 24.5 Å². The maximum absolute atomic E-state index is 16.2. The molecule has 4 saturated heterocycles. The van der Waals surface area contributed by atoms with Crippen LogP contribution in [0.25, 0.3) is 32.6 Å². The zero-order valence-corrected chi connectivity index (χ0v) is 59.1. The molecule has 0 saturated carbocycles. The van der Waals surface area contributed by atoms with Crippen LogP contribution in [-0.4, -0.2) is 195 Å². The Morgan fingerprint density at radius 3 is 2.14 bits per heavy atom. The van der Waals surface area contributed by atoms with Crippen molar-refractivity contribution in [1.29, 1.82) is 0 Å². The molecular formula is C69H88F3N11O11S2Si. The SMILES string of the molecule is Cc1ncsc1-c1ccc([C@H](COC(=O)CCC(=O)O)NC(=O)[C@@H]2C[C@@H](O[Si](C)(C)C(C)(C)C)CN2C(=O)[C@@H](NC(=O)CN2CCC(CN3CCN(c4ccc(-c5cnc6[nH]cc(C(=O)c7c(F)ccc(N(N8CC[C@@H](F)C8)[SH](=O)=O)c7F)c6c5)cc4)CC3)CC2)C(C)(C)C)cc1. The van der Waals surface area contributed by atoms with Crippen molar-refractivity contribution >= 4 is 88.4 Å². The van der Waals surface area contributed by atoms with Gasteiger partial charge in [0.25, 0.3) is 0 Å². The Balaban J connectivity index is 0.731. The third-order valence-electron chi connectivity index (χ3n) is 19.5. The molecule has 4 aliphatic rings. The van der Waals surface area contributed by atoms with Crippen molar-refractivity contribution in [2.45, 2.75) is 136 Å². The molecular weight excluding hydrogens is 1310 g/mol. The van der Waals surface area contributed by atoms with E-state index in [-0.39, 0.29) is 68.6 Å². The van der Waals surface area contributed by atoms with Gasteiger partial charge >= 0.3 is 11.9 Å². The van der Waals surface area contributed by atoms with Gasteiger partial charge < -0.3 is 39.7 Å². The van der Waals surface area contributed by atoms with Gasteiger partial charge in [-0.2, -0.15) is 4.41 Å². The molecule has 3 aromatic heterocycles. The number of aliphatic carboxylic acids is 1. The number of ether oxygens (including phenoxy) is 1. The molecule has 0 spiro atoms. The highest BCUT2D eigenvalue weighted by molar-refractivity contribution is 7.73. The summed E-state index contributed by atoms with van der Waals surface area (Å²) < 4.78 is 83.3. The summed E-state index contributed by atoms with van der Waals surface area (Å²) in [5.74, 6) is -6.27. The molecule has 3 aromatic carbocycles. The normalized spacial score (nSPS) is 19.3. The zero-order valence-electron chi connectivity index (χ0n) is 56.4. The number of carboxylic acid groups (broad SMARTS) is 1. The van der Waals surface area contributed by atoms with Crippen molar-refractivity contribution in [3.8, 4) is 21.6 Å². The number of carbonyl (C=O) groups excluding carboxylic acids is 5. The van der Waals surface area contributed by atoms with Gasteiger partial charge in [0.15, 0.2) is 14.1 Å². The molecule has 0 unspecified atom stereocenters. The number of hydrazine groups is 1. The number of piperidine rings is 1. The van der Waals surface area contributed by atoms with Crippen molar-refractivity contribution in [1.82, 2.24) is 45.3 Å². The number of hydrogen-bond donors (Lipinski definition) is 5. The van der Waals surface area contributed by atoms with Gasteiger partial charge in [-0.05, 0) is 116 Å². The monoisotopic (exact) mass is 1400 g/mol. The second-order valence-corrected chi connectivity index (χ2v) is 34.9. The predicted molar refractivity (Wildman–Crippen MR) is 368 cm³/mol. The number of likely N-dealkylation sites (tertiary alicyclic amines) is 2. The summed E-state index contributed by atoms with van der Waals surface area (Å²) in [6.45, 7) is 23.4. The van der Waals surface area contributed by atoms with Crippen molar-refractivity contribution in [3.05, 3.63) is 119 Å². The number of halogens is 3. The van der Waals surface area contributed by atoms with Crippen LogP contribution >= 0.6 is 11.3 Å². The number of amides is 3. The lowest BCUT2D eigenvalue weighted by atomic mass is 9.85. The number of nitrogens with zero attached hydrogens (tertiary/aromatic N) is 8. The molecule has 3 amide bonds. The second-order valence-electron chi connectivity index (χ2n) is 28.4. The Morgan fingerprint density at radius 2 is 1.53 bits per heavy atom. The van der Waals surface area contributed by atoms with Crippen LogP contribution in [0.5, 0.6) is 0 Å². The lowest BCUT2D eigenvalue weighted by Crippen LogP contribution is -2.59. The molecule has 28 heteroatoms. The van der Waals surface area contributed by atoms with E-state index in [2.05, 4.69) is 74.2 Å². The molecule has 97 heavy (non-hydrogen) atoms. The van der Waals surface area contributed by atoms with E-state index in [9.17, 15) is 41.9 Å². The first-order chi connectivity index (χ1) is 45.9. The number of aromatic nitrogens is 3. The molecule has 0 aliphatic carbocycles. The molecule has 7 heterocycles. The van der Waals surface area contributed by atoms with Crippen LogP contribution in [0.15, 0.2) is 84.6 Å². The van der Waals surface area contributed by atoms with Crippen molar-refractivity contribution in [2.75, 3.05) is 87.9 Å². The number of anilines is 2. The van der Waals surface area contributed by atoms with Gasteiger partial charge in [-0.1, -0.05) is 77.9 Å². The van der Waals surface area contributed by atoms with E-state index in [1.54, 1.807) is 17.8 Å². The fraction of sp³-hybridized carbons (Fsp3) is 0.507. The van der Waals surface area contributed by atoms with Gasteiger partial charge in [0.1, 0.15) is 42.0 Å². The fourth-order valence-electron chi connectivity index (χ4n) is 12.9. The molecule has 522 valence electrons. The minimum absolute atomic E-state index is 0.0146. The van der Waals surface area contributed by atoms with Gasteiger partial charge in [-0.15, -0.1) is 11.3 Å². The molecule has 0 radical (unpaired) electrons. The highest BCUT2D eigenvalue weighted by atomic mass is 32.2. The van der Waals surface area contributed by atoms with Gasteiger partial charge in [0.2, 0.25) is 34.4 Å². The summed E-state index contributed by atoms with van der Waals surface area (Å²) in [5, 5.41) is 16.6. The first kappa shape index (κ1) is 72.1. The van der Waals surface area contributed by atoms with E-state index in [1.165, 1.54) is 22.4 Å². The number of rotatable bonds is 24. The summed E-state index contributed by atoms with van der Waals surface area (Å²) >= 11 is 1.50. The number of pyridine rings is 1. The van der Waals surface area contributed by atoms with E-state index in [1.807, 2.05) is 76.2 Å². The molecule has 4 N–H and O–H groups in total. The van der Waals surface area contributed by atoms with E-state index >= 15 is 13.6 Å². The summed E-state index contributed by atoms with van der Waals surface area (Å²) in [5.41, 5.74) is 4.55. The number of aromatic amines is 1. The molecule has 5 atom stereocenters. The highest BCUT2D eigenvalue weighted by Gasteiger charge is 2.49. The number of esters is 1. The van der Waals surface area contributed by atoms with Crippen LogP contribution in [0.1, 0.15) is 113 Å². The van der Waals surface area contributed by atoms with Gasteiger partial charge in [0, 0.05) is 86.8 Å². The van der Waals surface area contributed by atoms with E-state index in [4.69, 9.17) is 9.16 Å². The summed E-state index contributed by atoms with van der Waals surface area (Å²) in [6, 6.07) is 15.9. The number of H-pyrrole nitrogens is 1. The molecule has 10 rings (SSSR count). The number of thiazole rings is 1. The number of aryl methyl sites for hydroxylation is 1. The van der Waals surface area contributed by atoms with E-state index in [0.717, 1.165) is 90.1 Å². The van der Waals surface area contributed by atoms with Gasteiger partial charge in [-0.25, -0.2) is 36.6 Å². The minimum atomic E-state index is -3.51. The number of nitrogens with one attached hydrogen (secondary N) is 3. The number of benzene rings is 3. The fourth-order valence-corrected chi connectivity index (χ4v) is 15.8. The second kappa shape index (κ2) is 30.3. The molecule has 6 aromatic rings. The average Bonchev–Trinajstić information content (AvgIpc) is 1.68. The Morgan fingerprint density at radius 1 is 0.835 bits per heavy atom. The molecule has 4 aliphatic heterocycles. The molecule has 22 nitrogen and oxygen atoms in total. The van der Waals surface area contributed by atoms with Crippen LogP contribution in [0, 0.1) is 29.9 Å². The first-order valence-corrected chi connectivity index (χ1v) is 37.9. The summed E-state index contributed by atoms with van der Waals surface area (Å²) in [7, 11) is -5.94. The molecule has 4 fully saturated rings. The quantitative estimate of drug-likeness (QED) is 0.0164. The predicted octanol–water partition coefficient (Wildman–Crippen LogP) is 9.08. The first-order valence-electron chi connectivity index (χ1n) is 33.0. The molecule has 0 bridgehead atoms. The van der Waals surface area contributed by atoms with Crippen molar-refractivity contribution in [3.63, 3.8) is 0 Å². The van der Waals surface area contributed by atoms with E-state index in [0.29, 0.717) is 45.6 Å². The van der Waals surface area contributed by atoms with Crippen LogP contribution in [0.3, 0.4) is 0 Å². The lowest BCUT2D eigenvalue weighted by Gasteiger charge is -2.40. The Bertz CT molecular complexity index is 3930. The number of piperazine rings is 1. The maximum atomic E-state index is 16.2. The smallest absolute Gasteiger partial charge is 0.306 e. The number of hydrogen-bond acceptors (Lipinski definition) is 17. The summed E-state index contributed by atoms with van der Waals surface area (Å²) in [6.07, 6.45) is 2.35. The minimum Gasteiger partial charge on any atom is -0.481 e. The third-order valence-corrected chi connectivity index (χ3v) is 25.8. The topological polar surface area (TPSA) is 260 Å². The summed E-state index contributed by atoms with van der Waals surface area (Å²) in [4.78, 5) is 103. The number of alkyl halides is 1. The van der Waals surface area contributed by atoms with Crippen LogP contribution in [0.2, 0.25) is 18.1 Å². The third kappa shape index (κ3) is 17.1. The van der Waals surface area contributed by atoms with Crippen LogP contribution in [-0.2, 0) is 44.0 Å². The lowest BCUT2D eigenvalue weighted by molar-refractivity contribution is -0.149. The number of fused-ring (bicyclic) bond motifs is 1. The van der Waals surface area contributed by atoms with Crippen LogP contribution < -0.4 is 19.9 Å². The number of ketones is 1. The average molecular weight is 1400 g/mol. The Kier molecular flexibility index (Phi) is 22.5. The van der Waals surface area contributed by atoms with Crippen molar-refractivity contribution in [2.24, 2.45) is 11.3 Å². The van der Waals surface area contributed by atoms with Gasteiger partial charge in [-0.3, -0.25) is 38.6 Å². The zero-order chi connectivity index (χ0) is 69.8. The largest absolute Gasteiger partial charge is 0.481 e. The number of carbonyl (C=O) groups is 6. The number of carboxylic acids is 1. The Labute approximate surface area is 570 Å². The highest BCUT2D eigenvalue weighted by Crippen LogP contribution is 2.40. The van der Waals surface area contributed by atoms with Gasteiger partial charge in [0.05, 0.1) is 59.7 Å².